The first-order valence-electron chi connectivity index (χ1n) is 6.41. The Morgan fingerprint density at radius 3 is 2.70 bits per heavy atom. The van der Waals surface area contributed by atoms with Crippen LogP contribution in [-0.2, 0) is 0 Å². The lowest BCUT2D eigenvalue weighted by Gasteiger charge is -2.14. The molecule has 3 heterocycles. The summed E-state index contributed by atoms with van der Waals surface area (Å²) in [6, 6.07) is 4.54. The van der Waals surface area contributed by atoms with Gasteiger partial charge in [-0.1, -0.05) is 6.07 Å². The average Bonchev–Trinajstić information content (AvgIpc) is 3.12. The molecule has 1 aliphatic heterocycles. The highest BCUT2D eigenvalue weighted by molar-refractivity contribution is 5.92. The summed E-state index contributed by atoms with van der Waals surface area (Å²) in [7, 11) is 0. The van der Waals surface area contributed by atoms with Gasteiger partial charge in [0.05, 0.1) is 0 Å². The first kappa shape index (κ1) is 15.0. The van der Waals surface area contributed by atoms with Gasteiger partial charge in [-0.2, -0.15) is 18.4 Å². The van der Waals surface area contributed by atoms with Crippen LogP contribution < -0.4 is 5.32 Å². The maximum absolute atomic E-state index is 12.6. The Morgan fingerprint density at radius 1 is 1.30 bits per heavy atom. The van der Waals surface area contributed by atoms with E-state index >= 15 is 0 Å². The first-order chi connectivity index (χ1) is 10.9. The van der Waals surface area contributed by atoms with Crippen molar-refractivity contribution in [3.8, 4) is 11.5 Å². The van der Waals surface area contributed by atoms with Crippen LogP contribution in [0.2, 0.25) is 0 Å². The molecule has 0 aliphatic carbocycles. The molecule has 0 saturated carbocycles. The largest absolute Gasteiger partial charge is 0.437 e. The van der Waals surface area contributed by atoms with E-state index in [1.165, 1.54) is 6.07 Å². The molecule has 23 heavy (non-hydrogen) atoms. The van der Waals surface area contributed by atoms with Crippen molar-refractivity contribution in [1.82, 2.24) is 30.9 Å². The van der Waals surface area contributed by atoms with E-state index in [2.05, 4.69) is 41.2 Å². The molecule has 0 fully saturated rings. The Morgan fingerprint density at radius 2 is 2.09 bits per heavy atom. The van der Waals surface area contributed by atoms with Crippen LogP contribution in [0.3, 0.4) is 0 Å². The number of amides is 1. The van der Waals surface area contributed by atoms with E-state index in [1.54, 1.807) is 12.1 Å². The summed E-state index contributed by atoms with van der Waals surface area (Å²) in [5.74, 6) is -0.417. The molecule has 12 heteroatoms. The van der Waals surface area contributed by atoms with Crippen molar-refractivity contribution in [3.63, 3.8) is 0 Å². The fourth-order valence-corrected chi connectivity index (χ4v) is 1.81. The minimum absolute atomic E-state index is 0.0260. The minimum Gasteiger partial charge on any atom is -0.351 e. The highest BCUT2D eigenvalue weighted by atomic mass is 19.4. The van der Waals surface area contributed by atoms with E-state index in [4.69, 9.17) is 0 Å². The van der Waals surface area contributed by atoms with Gasteiger partial charge < -0.3 is 5.32 Å². The Balaban J connectivity index is 1.60. The third kappa shape index (κ3) is 3.00. The lowest BCUT2D eigenvalue weighted by molar-refractivity contribution is -0.164. The number of alkyl halides is 3. The molecule has 0 bridgehead atoms. The molecule has 0 unspecified atom stereocenters. The van der Waals surface area contributed by atoms with Gasteiger partial charge in [0.25, 0.3) is 11.6 Å². The molecule has 0 saturated heterocycles. The fraction of sp³-hybridized carbons (Fsp3) is 0.364. The summed E-state index contributed by atoms with van der Waals surface area (Å²) in [6.45, 7) is -0.237. The fourth-order valence-electron chi connectivity index (χ4n) is 1.81. The predicted octanol–water partition coefficient (Wildman–Crippen LogP) is 1.11. The second kappa shape index (κ2) is 5.37. The van der Waals surface area contributed by atoms with Gasteiger partial charge in [0.15, 0.2) is 0 Å². The van der Waals surface area contributed by atoms with Crippen molar-refractivity contribution in [2.24, 2.45) is 10.2 Å². The van der Waals surface area contributed by atoms with Crippen LogP contribution in [0.15, 0.2) is 28.4 Å². The molecule has 0 spiro atoms. The second-order valence-electron chi connectivity index (χ2n) is 4.66. The standard InChI is InChI=1S/C11H9F3N8O/c12-11(13,14)10(19-20-10)4-5-15-9(23)7-3-1-2-6(16-7)8-17-21-22-18-8/h1-3H,4-5H2,(H,15,23)(H,17,18,21,22). The molecule has 1 aliphatic rings. The van der Waals surface area contributed by atoms with E-state index in [1.807, 2.05) is 0 Å². The van der Waals surface area contributed by atoms with E-state index < -0.39 is 24.2 Å². The van der Waals surface area contributed by atoms with Crippen LogP contribution in [0, 0.1) is 0 Å². The lowest BCUT2D eigenvalue weighted by Crippen LogP contribution is -2.37. The summed E-state index contributed by atoms with van der Waals surface area (Å²) < 4.78 is 37.9. The molecule has 0 atom stereocenters. The Kier molecular flexibility index (Phi) is 3.50. The topological polar surface area (TPSA) is 121 Å². The number of nitrogens with one attached hydrogen (secondary N) is 2. The summed E-state index contributed by atoms with van der Waals surface area (Å²) in [6.07, 6.45) is -5.00. The van der Waals surface area contributed by atoms with Crippen LogP contribution in [0.25, 0.3) is 11.5 Å². The van der Waals surface area contributed by atoms with Crippen LogP contribution in [0.4, 0.5) is 13.2 Å². The van der Waals surface area contributed by atoms with Gasteiger partial charge in [-0.3, -0.25) is 4.79 Å². The van der Waals surface area contributed by atoms with E-state index in [-0.39, 0.29) is 18.1 Å². The molecular formula is C11H9F3N8O. The number of rotatable bonds is 5. The van der Waals surface area contributed by atoms with E-state index in [9.17, 15) is 18.0 Å². The molecule has 3 rings (SSSR count). The molecule has 0 aromatic carbocycles. The number of tetrazole rings is 1. The summed E-state index contributed by atoms with van der Waals surface area (Å²) in [4.78, 5) is 16.0. The van der Waals surface area contributed by atoms with Crippen molar-refractivity contribution in [2.45, 2.75) is 18.3 Å². The molecule has 120 valence electrons. The quantitative estimate of drug-likeness (QED) is 0.852. The van der Waals surface area contributed by atoms with Crippen LogP contribution in [0.5, 0.6) is 0 Å². The predicted molar refractivity (Wildman–Crippen MR) is 68.0 cm³/mol. The van der Waals surface area contributed by atoms with Gasteiger partial charge in [0.1, 0.15) is 11.4 Å². The highest BCUT2D eigenvalue weighted by Crippen LogP contribution is 2.46. The van der Waals surface area contributed by atoms with Crippen LogP contribution >= 0.6 is 0 Å². The van der Waals surface area contributed by atoms with Gasteiger partial charge in [0, 0.05) is 13.0 Å². The van der Waals surface area contributed by atoms with Gasteiger partial charge in [-0.25, -0.2) is 4.98 Å². The highest BCUT2D eigenvalue weighted by Gasteiger charge is 2.63. The van der Waals surface area contributed by atoms with Gasteiger partial charge in [0.2, 0.25) is 5.82 Å². The summed E-state index contributed by atoms with van der Waals surface area (Å²) in [5, 5.41) is 21.5. The zero-order chi connectivity index (χ0) is 16.5. The number of hydrogen-bond donors (Lipinski definition) is 2. The van der Waals surface area contributed by atoms with Crippen molar-refractivity contribution in [1.29, 1.82) is 0 Å². The zero-order valence-corrected chi connectivity index (χ0v) is 11.4. The summed E-state index contributed by atoms with van der Waals surface area (Å²) >= 11 is 0. The van der Waals surface area contributed by atoms with Crippen LogP contribution in [-0.4, -0.2) is 49.9 Å². The number of carbonyl (C=O) groups excluding carboxylic acids is 1. The monoisotopic (exact) mass is 326 g/mol. The third-order valence-corrected chi connectivity index (χ3v) is 3.11. The second-order valence-corrected chi connectivity index (χ2v) is 4.66. The maximum Gasteiger partial charge on any atom is 0.437 e. The number of pyridine rings is 1. The molecule has 9 nitrogen and oxygen atoms in total. The molecule has 0 radical (unpaired) electrons. The smallest absolute Gasteiger partial charge is 0.351 e. The molecular weight excluding hydrogens is 317 g/mol. The van der Waals surface area contributed by atoms with Crippen LogP contribution in [0.1, 0.15) is 16.9 Å². The van der Waals surface area contributed by atoms with Crippen molar-refractivity contribution in [3.05, 3.63) is 23.9 Å². The Hall–Kier alpha value is -2.92. The average molecular weight is 326 g/mol. The Labute approximate surface area is 126 Å². The number of aromatic nitrogens is 5. The number of hydrogen-bond acceptors (Lipinski definition) is 7. The number of aromatic amines is 1. The Bertz CT molecular complexity index is 736. The van der Waals surface area contributed by atoms with Crippen molar-refractivity contribution >= 4 is 5.91 Å². The molecule has 2 N–H and O–H groups in total. The van der Waals surface area contributed by atoms with Gasteiger partial charge in [-0.15, -0.1) is 20.4 Å². The van der Waals surface area contributed by atoms with E-state index in [0.29, 0.717) is 5.69 Å². The normalized spacial score (nSPS) is 15.4. The number of H-pyrrole nitrogens is 1. The third-order valence-electron chi connectivity index (χ3n) is 3.11. The molecule has 2 aromatic rings. The van der Waals surface area contributed by atoms with Gasteiger partial charge in [-0.05, 0) is 17.3 Å². The van der Waals surface area contributed by atoms with Gasteiger partial charge >= 0.3 is 6.18 Å². The maximum atomic E-state index is 12.6. The molecule has 1 amide bonds. The van der Waals surface area contributed by atoms with Crippen molar-refractivity contribution < 1.29 is 18.0 Å². The summed E-state index contributed by atoms with van der Waals surface area (Å²) in [5.41, 5.74) is -2.04. The number of nitrogens with zero attached hydrogens (tertiary/aromatic N) is 6. The first-order valence-corrected chi connectivity index (χ1v) is 6.41. The SMILES string of the molecule is O=C(NCCC1(C(F)(F)F)N=N1)c1cccc(-c2nn[nH]n2)n1. The zero-order valence-electron chi connectivity index (χ0n) is 11.4. The minimum atomic E-state index is -4.55. The van der Waals surface area contributed by atoms with E-state index in [0.717, 1.165) is 0 Å². The molecule has 2 aromatic heterocycles. The van der Waals surface area contributed by atoms with Crippen molar-refractivity contribution in [2.75, 3.05) is 6.54 Å². The number of carbonyl (C=O) groups is 1. The lowest BCUT2D eigenvalue weighted by atomic mass is 10.1. The number of halogens is 3.